The van der Waals surface area contributed by atoms with Crippen LogP contribution in [0.15, 0.2) is 12.7 Å². The van der Waals surface area contributed by atoms with Crippen molar-refractivity contribution in [3.8, 4) is 0 Å². The molecule has 0 saturated carbocycles. The van der Waals surface area contributed by atoms with Crippen LogP contribution in [0.5, 0.6) is 0 Å². The monoisotopic (exact) mass is 210 g/mol. The van der Waals surface area contributed by atoms with Crippen LogP contribution in [-0.4, -0.2) is 46.9 Å². The molecule has 1 amide bonds. The highest BCUT2D eigenvalue weighted by molar-refractivity contribution is 5.87. The van der Waals surface area contributed by atoms with Gasteiger partial charge in [0.05, 0.1) is 0 Å². The SMILES string of the molecule is C=CC(=O)N1CCN(C(C)(C)C)[C@H](C)C1. The van der Waals surface area contributed by atoms with Gasteiger partial charge in [-0.15, -0.1) is 0 Å². The van der Waals surface area contributed by atoms with Crippen molar-refractivity contribution in [2.24, 2.45) is 0 Å². The van der Waals surface area contributed by atoms with Crippen LogP contribution < -0.4 is 0 Å². The van der Waals surface area contributed by atoms with E-state index in [0.717, 1.165) is 19.6 Å². The van der Waals surface area contributed by atoms with E-state index >= 15 is 0 Å². The van der Waals surface area contributed by atoms with Gasteiger partial charge in [-0.1, -0.05) is 6.58 Å². The quantitative estimate of drug-likeness (QED) is 0.612. The largest absolute Gasteiger partial charge is 0.336 e. The third-order valence-electron chi connectivity index (χ3n) is 2.98. The molecule has 0 aliphatic carbocycles. The first-order valence-electron chi connectivity index (χ1n) is 5.54. The minimum atomic E-state index is 0.0513. The van der Waals surface area contributed by atoms with Crippen molar-refractivity contribution in [1.82, 2.24) is 9.80 Å². The van der Waals surface area contributed by atoms with E-state index in [4.69, 9.17) is 0 Å². The fraction of sp³-hybridized carbons (Fsp3) is 0.750. The average Bonchev–Trinajstić information content (AvgIpc) is 2.14. The lowest BCUT2D eigenvalue weighted by Crippen LogP contribution is -2.59. The van der Waals surface area contributed by atoms with Crippen molar-refractivity contribution in [3.05, 3.63) is 12.7 Å². The van der Waals surface area contributed by atoms with E-state index in [0.29, 0.717) is 6.04 Å². The topological polar surface area (TPSA) is 23.6 Å². The van der Waals surface area contributed by atoms with Gasteiger partial charge in [-0.2, -0.15) is 0 Å². The Hall–Kier alpha value is -0.830. The van der Waals surface area contributed by atoms with Gasteiger partial charge in [0.1, 0.15) is 0 Å². The molecule has 1 saturated heterocycles. The van der Waals surface area contributed by atoms with Gasteiger partial charge < -0.3 is 4.90 Å². The Kier molecular flexibility index (Phi) is 3.55. The summed E-state index contributed by atoms with van der Waals surface area (Å²) in [6, 6.07) is 0.419. The second-order valence-electron chi connectivity index (χ2n) is 5.20. The Balaban J connectivity index is 2.63. The van der Waals surface area contributed by atoms with Crippen LogP contribution in [0.2, 0.25) is 0 Å². The lowest BCUT2D eigenvalue weighted by atomic mass is 10.0. The number of nitrogens with zero attached hydrogens (tertiary/aromatic N) is 2. The molecule has 1 rings (SSSR count). The summed E-state index contributed by atoms with van der Waals surface area (Å²) in [4.78, 5) is 15.8. The summed E-state index contributed by atoms with van der Waals surface area (Å²) in [5.41, 5.74) is 0.183. The van der Waals surface area contributed by atoms with Crippen molar-refractivity contribution >= 4 is 5.91 Å². The molecule has 0 N–H and O–H groups in total. The minimum absolute atomic E-state index is 0.0513. The highest BCUT2D eigenvalue weighted by Crippen LogP contribution is 2.20. The standard InChI is InChI=1S/C12H22N2O/c1-6-11(15)13-7-8-14(10(2)9-13)12(3,4)5/h6,10H,1,7-9H2,2-5H3/t10-/m1/s1. The van der Waals surface area contributed by atoms with Crippen molar-refractivity contribution in [2.45, 2.75) is 39.3 Å². The summed E-state index contributed by atoms with van der Waals surface area (Å²) in [5, 5.41) is 0. The molecule has 0 aromatic heterocycles. The molecule has 86 valence electrons. The highest BCUT2D eigenvalue weighted by Gasteiger charge is 2.32. The molecule has 0 aromatic carbocycles. The number of hydrogen-bond donors (Lipinski definition) is 0. The fourth-order valence-corrected chi connectivity index (χ4v) is 2.28. The first-order valence-corrected chi connectivity index (χ1v) is 5.54. The molecule has 0 aromatic rings. The maximum atomic E-state index is 11.5. The lowest BCUT2D eigenvalue weighted by Gasteiger charge is -2.46. The van der Waals surface area contributed by atoms with Gasteiger partial charge in [0.25, 0.3) is 0 Å². The molecule has 1 atom stereocenters. The van der Waals surface area contributed by atoms with Crippen molar-refractivity contribution in [3.63, 3.8) is 0 Å². The summed E-state index contributed by atoms with van der Waals surface area (Å²) in [6.07, 6.45) is 1.40. The van der Waals surface area contributed by atoms with Crippen LogP contribution in [0.25, 0.3) is 0 Å². The van der Waals surface area contributed by atoms with Gasteiger partial charge in [0.2, 0.25) is 5.91 Å². The summed E-state index contributed by atoms with van der Waals surface area (Å²) < 4.78 is 0. The number of amides is 1. The molecular formula is C12H22N2O. The van der Waals surface area contributed by atoms with Gasteiger partial charge >= 0.3 is 0 Å². The third kappa shape index (κ3) is 2.81. The summed E-state index contributed by atoms with van der Waals surface area (Å²) in [5.74, 6) is 0.0513. The zero-order chi connectivity index (χ0) is 11.6. The first kappa shape index (κ1) is 12.2. The van der Waals surface area contributed by atoms with E-state index in [9.17, 15) is 4.79 Å². The number of carbonyl (C=O) groups excluding carboxylic acids is 1. The van der Waals surface area contributed by atoms with Crippen LogP contribution in [0.4, 0.5) is 0 Å². The van der Waals surface area contributed by atoms with Gasteiger partial charge in [-0.3, -0.25) is 9.69 Å². The first-order chi connectivity index (χ1) is 6.86. The van der Waals surface area contributed by atoms with Crippen LogP contribution in [0.1, 0.15) is 27.7 Å². The predicted molar refractivity (Wildman–Crippen MR) is 62.7 cm³/mol. The Morgan fingerprint density at radius 3 is 2.40 bits per heavy atom. The van der Waals surface area contributed by atoms with E-state index in [1.807, 2.05) is 4.90 Å². The number of hydrogen-bond acceptors (Lipinski definition) is 2. The highest BCUT2D eigenvalue weighted by atomic mass is 16.2. The Morgan fingerprint density at radius 1 is 1.40 bits per heavy atom. The van der Waals surface area contributed by atoms with Crippen LogP contribution >= 0.6 is 0 Å². The van der Waals surface area contributed by atoms with E-state index in [-0.39, 0.29) is 11.4 Å². The number of rotatable bonds is 1. The van der Waals surface area contributed by atoms with Gasteiger partial charge in [-0.25, -0.2) is 0 Å². The third-order valence-corrected chi connectivity index (χ3v) is 2.98. The maximum Gasteiger partial charge on any atom is 0.246 e. The van der Waals surface area contributed by atoms with Crippen LogP contribution in [-0.2, 0) is 4.79 Å². The Morgan fingerprint density at radius 2 is 2.00 bits per heavy atom. The molecule has 1 fully saturated rings. The summed E-state index contributed by atoms with van der Waals surface area (Å²) in [6.45, 7) is 14.9. The fourth-order valence-electron chi connectivity index (χ4n) is 2.28. The molecule has 0 bridgehead atoms. The molecular weight excluding hydrogens is 188 g/mol. The molecule has 1 aliphatic heterocycles. The Labute approximate surface area is 92.7 Å². The van der Waals surface area contributed by atoms with Gasteiger partial charge in [0.15, 0.2) is 0 Å². The van der Waals surface area contributed by atoms with Crippen molar-refractivity contribution < 1.29 is 4.79 Å². The minimum Gasteiger partial charge on any atom is -0.336 e. The van der Waals surface area contributed by atoms with E-state index in [1.54, 1.807) is 0 Å². The zero-order valence-electron chi connectivity index (χ0n) is 10.3. The smallest absolute Gasteiger partial charge is 0.246 e. The molecule has 0 spiro atoms. The maximum absolute atomic E-state index is 11.5. The molecule has 0 radical (unpaired) electrons. The summed E-state index contributed by atoms with van der Waals surface area (Å²) in [7, 11) is 0. The van der Waals surface area contributed by atoms with Crippen molar-refractivity contribution in [1.29, 1.82) is 0 Å². The molecule has 1 aliphatic rings. The number of carbonyl (C=O) groups is 1. The van der Waals surface area contributed by atoms with Crippen LogP contribution in [0.3, 0.4) is 0 Å². The van der Waals surface area contributed by atoms with E-state index in [1.165, 1.54) is 6.08 Å². The predicted octanol–water partition coefficient (Wildman–Crippen LogP) is 1.50. The average molecular weight is 210 g/mol. The van der Waals surface area contributed by atoms with E-state index < -0.39 is 0 Å². The summed E-state index contributed by atoms with van der Waals surface area (Å²) >= 11 is 0. The molecule has 15 heavy (non-hydrogen) atoms. The van der Waals surface area contributed by atoms with Gasteiger partial charge in [-0.05, 0) is 33.8 Å². The molecule has 3 heteroatoms. The normalized spacial score (nSPS) is 24.0. The van der Waals surface area contributed by atoms with Gasteiger partial charge in [0, 0.05) is 31.2 Å². The number of piperazine rings is 1. The lowest BCUT2D eigenvalue weighted by molar-refractivity contribution is -0.130. The van der Waals surface area contributed by atoms with Crippen molar-refractivity contribution in [2.75, 3.05) is 19.6 Å². The molecule has 0 unspecified atom stereocenters. The molecule has 3 nitrogen and oxygen atoms in total. The van der Waals surface area contributed by atoms with Crippen LogP contribution in [0, 0.1) is 0 Å². The zero-order valence-corrected chi connectivity index (χ0v) is 10.3. The second kappa shape index (κ2) is 4.35. The second-order valence-corrected chi connectivity index (χ2v) is 5.20. The van der Waals surface area contributed by atoms with E-state index in [2.05, 4.69) is 39.2 Å². The molecule has 1 heterocycles. The Bertz CT molecular complexity index is 255.